The number of nitrogens with zero attached hydrogens (tertiary/aromatic N) is 1. The number of nitrogens with one attached hydrogen (secondary N) is 2. The predicted molar refractivity (Wildman–Crippen MR) is 91.0 cm³/mol. The van der Waals surface area contributed by atoms with Gasteiger partial charge in [0.05, 0.1) is 13.4 Å². The summed E-state index contributed by atoms with van der Waals surface area (Å²) in [5.74, 6) is 0. The van der Waals surface area contributed by atoms with Crippen LogP contribution in [0.3, 0.4) is 0 Å². The van der Waals surface area contributed by atoms with Gasteiger partial charge >= 0.3 is 6.09 Å². The van der Waals surface area contributed by atoms with Gasteiger partial charge in [0.2, 0.25) is 10.0 Å². The minimum atomic E-state index is -3.30. The van der Waals surface area contributed by atoms with Crippen LogP contribution >= 0.6 is 0 Å². The summed E-state index contributed by atoms with van der Waals surface area (Å²) in [5.41, 5.74) is 1.54. The van der Waals surface area contributed by atoms with Crippen LogP contribution in [0.15, 0.2) is 24.3 Å². The van der Waals surface area contributed by atoms with Crippen molar-refractivity contribution in [3.8, 4) is 0 Å². The zero-order valence-corrected chi connectivity index (χ0v) is 14.8. The summed E-state index contributed by atoms with van der Waals surface area (Å²) in [5, 5.41) is 2.65. The summed E-state index contributed by atoms with van der Waals surface area (Å²) in [4.78, 5) is 13.3. The molecule has 7 nitrogen and oxygen atoms in total. The van der Waals surface area contributed by atoms with E-state index < -0.39 is 16.1 Å². The number of anilines is 1. The Labute approximate surface area is 138 Å². The van der Waals surface area contributed by atoms with E-state index in [1.54, 1.807) is 6.07 Å². The molecule has 2 N–H and O–H groups in total. The summed E-state index contributed by atoms with van der Waals surface area (Å²) in [7, 11) is -1.97. The van der Waals surface area contributed by atoms with Crippen LogP contribution < -0.4 is 10.0 Å². The van der Waals surface area contributed by atoms with Crippen molar-refractivity contribution in [2.45, 2.75) is 19.9 Å². The van der Waals surface area contributed by atoms with Gasteiger partial charge in [-0.3, -0.25) is 9.62 Å². The topological polar surface area (TPSA) is 87.7 Å². The average molecular weight is 343 g/mol. The maximum atomic E-state index is 11.3. The van der Waals surface area contributed by atoms with Crippen molar-refractivity contribution < 1.29 is 17.9 Å². The van der Waals surface area contributed by atoms with Crippen molar-refractivity contribution in [2.75, 3.05) is 37.7 Å². The first-order valence-corrected chi connectivity index (χ1v) is 9.29. The SMILES string of the molecule is CCN(CCNC(=O)OC)C(C)c1cccc(NS(C)(=O)=O)c1. The molecule has 0 radical (unpaired) electrons. The van der Waals surface area contributed by atoms with E-state index in [4.69, 9.17) is 0 Å². The van der Waals surface area contributed by atoms with E-state index in [1.807, 2.05) is 32.0 Å². The highest BCUT2D eigenvalue weighted by Gasteiger charge is 2.15. The third kappa shape index (κ3) is 6.87. The first-order chi connectivity index (χ1) is 10.8. The van der Waals surface area contributed by atoms with Crippen LogP contribution in [0.25, 0.3) is 0 Å². The molecule has 8 heteroatoms. The monoisotopic (exact) mass is 343 g/mol. The van der Waals surface area contributed by atoms with Crippen molar-refractivity contribution in [1.29, 1.82) is 0 Å². The van der Waals surface area contributed by atoms with Gasteiger partial charge < -0.3 is 10.1 Å². The van der Waals surface area contributed by atoms with Gasteiger partial charge in [0, 0.05) is 24.8 Å². The minimum Gasteiger partial charge on any atom is -0.453 e. The molecule has 0 bridgehead atoms. The number of likely N-dealkylation sites (N-methyl/N-ethyl adjacent to an activating group) is 1. The Balaban J connectivity index is 2.75. The summed E-state index contributed by atoms with van der Waals surface area (Å²) in [6.45, 7) is 6.02. The molecule has 0 aromatic heterocycles. The van der Waals surface area contributed by atoms with Gasteiger partial charge in [-0.1, -0.05) is 19.1 Å². The fourth-order valence-corrected chi connectivity index (χ4v) is 2.84. The first kappa shape index (κ1) is 19.2. The number of rotatable bonds is 8. The number of methoxy groups -OCH3 is 1. The molecule has 130 valence electrons. The molecule has 0 aliphatic carbocycles. The van der Waals surface area contributed by atoms with E-state index >= 15 is 0 Å². The molecule has 1 unspecified atom stereocenters. The molecule has 1 aromatic carbocycles. The van der Waals surface area contributed by atoms with Gasteiger partial charge in [-0.2, -0.15) is 0 Å². The smallest absolute Gasteiger partial charge is 0.406 e. The third-order valence-corrected chi connectivity index (χ3v) is 4.09. The molecule has 0 saturated carbocycles. The first-order valence-electron chi connectivity index (χ1n) is 7.40. The molecule has 0 fully saturated rings. The van der Waals surface area contributed by atoms with Crippen LogP contribution in [0.1, 0.15) is 25.5 Å². The lowest BCUT2D eigenvalue weighted by molar-refractivity contribution is 0.165. The Kier molecular flexibility index (Phi) is 7.31. The number of hydrogen-bond donors (Lipinski definition) is 2. The van der Waals surface area contributed by atoms with Crippen LogP contribution in [-0.4, -0.2) is 52.4 Å². The average Bonchev–Trinajstić information content (AvgIpc) is 2.49. The van der Waals surface area contributed by atoms with Crippen molar-refractivity contribution in [3.63, 3.8) is 0 Å². The van der Waals surface area contributed by atoms with Crippen LogP contribution in [0.2, 0.25) is 0 Å². The lowest BCUT2D eigenvalue weighted by Crippen LogP contribution is -2.36. The summed E-state index contributed by atoms with van der Waals surface area (Å²) >= 11 is 0. The lowest BCUT2D eigenvalue weighted by Gasteiger charge is -2.28. The molecular formula is C15H25N3O4S. The molecule has 1 atom stereocenters. The van der Waals surface area contributed by atoms with Gasteiger partial charge in [0.15, 0.2) is 0 Å². The highest BCUT2D eigenvalue weighted by Crippen LogP contribution is 2.23. The number of hydrogen-bond acceptors (Lipinski definition) is 5. The zero-order chi connectivity index (χ0) is 17.5. The van der Waals surface area contributed by atoms with Crippen LogP contribution in [0.5, 0.6) is 0 Å². The lowest BCUT2D eigenvalue weighted by atomic mass is 10.1. The zero-order valence-electron chi connectivity index (χ0n) is 14.0. The number of benzene rings is 1. The Hall–Kier alpha value is -1.80. The third-order valence-electron chi connectivity index (χ3n) is 3.48. The molecule has 0 heterocycles. The minimum absolute atomic E-state index is 0.0840. The Morgan fingerprint density at radius 2 is 2.09 bits per heavy atom. The Bertz CT molecular complexity index is 619. The van der Waals surface area contributed by atoms with E-state index in [2.05, 4.69) is 19.7 Å². The largest absolute Gasteiger partial charge is 0.453 e. The van der Waals surface area contributed by atoms with Gasteiger partial charge in [-0.15, -0.1) is 0 Å². The summed E-state index contributed by atoms with van der Waals surface area (Å²) in [6, 6.07) is 7.39. The fourth-order valence-electron chi connectivity index (χ4n) is 2.29. The molecule has 0 aliphatic rings. The molecule has 0 aliphatic heterocycles. The van der Waals surface area contributed by atoms with Crippen molar-refractivity contribution in [2.24, 2.45) is 0 Å². The predicted octanol–water partition coefficient (Wildman–Crippen LogP) is 1.80. The van der Waals surface area contributed by atoms with Gasteiger partial charge in [-0.25, -0.2) is 13.2 Å². The normalized spacial score (nSPS) is 12.7. The van der Waals surface area contributed by atoms with E-state index in [1.165, 1.54) is 7.11 Å². The molecular weight excluding hydrogens is 318 g/mol. The Morgan fingerprint density at radius 3 is 2.65 bits per heavy atom. The number of sulfonamides is 1. The standard InChI is InChI=1S/C15H25N3O4S/c1-5-18(10-9-16-15(19)22-3)12(2)13-7-6-8-14(11-13)17-23(4,20)21/h6-8,11-12,17H,5,9-10H2,1-4H3,(H,16,19). The van der Waals surface area contributed by atoms with Crippen LogP contribution in [0.4, 0.5) is 10.5 Å². The highest BCUT2D eigenvalue weighted by atomic mass is 32.2. The maximum absolute atomic E-state index is 11.3. The number of alkyl carbamates (subject to hydrolysis) is 1. The number of carbonyl (C=O) groups is 1. The fraction of sp³-hybridized carbons (Fsp3) is 0.533. The van der Waals surface area contributed by atoms with E-state index in [0.29, 0.717) is 18.8 Å². The van der Waals surface area contributed by atoms with Crippen LogP contribution in [-0.2, 0) is 14.8 Å². The molecule has 1 aromatic rings. The summed E-state index contributed by atoms with van der Waals surface area (Å²) < 4.78 is 29.7. The Morgan fingerprint density at radius 1 is 1.39 bits per heavy atom. The quantitative estimate of drug-likeness (QED) is 0.751. The van der Waals surface area contributed by atoms with Crippen LogP contribution in [0, 0.1) is 0 Å². The molecule has 23 heavy (non-hydrogen) atoms. The van der Waals surface area contributed by atoms with Crippen molar-refractivity contribution in [3.05, 3.63) is 29.8 Å². The van der Waals surface area contributed by atoms with E-state index in [-0.39, 0.29) is 6.04 Å². The second-order valence-corrected chi connectivity index (χ2v) is 6.97. The number of amides is 1. The van der Waals surface area contributed by atoms with Gasteiger partial charge in [0.25, 0.3) is 0 Å². The highest BCUT2D eigenvalue weighted by molar-refractivity contribution is 7.92. The molecule has 1 amide bonds. The molecule has 0 saturated heterocycles. The number of carbonyl (C=O) groups excluding carboxylic acids is 1. The van der Waals surface area contributed by atoms with E-state index in [9.17, 15) is 13.2 Å². The van der Waals surface area contributed by atoms with Gasteiger partial charge in [0.1, 0.15) is 0 Å². The molecule has 0 spiro atoms. The van der Waals surface area contributed by atoms with Crippen molar-refractivity contribution in [1.82, 2.24) is 10.2 Å². The molecule has 1 rings (SSSR count). The maximum Gasteiger partial charge on any atom is 0.406 e. The number of ether oxygens (including phenoxy) is 1. The summed E-state index contributed by atoms with van der Waals surface area (Å²) in [6.07, 6.45) is 0.674. The van der Waals surface area contributed by atoms with Gasteiger partial charge in [-0.05, 0) is 31.2 Å². The van der Waals surface area contributed by atoms with Crippen molar-refractivity contribution >= 4 is 21.8 Å². The second kappa shape index (κ2) is 8.73. The second-order valence-electron chi connectivity index (χ2n) is 5.22. The van der Waals surface area contributed by atoms with E-state index in [0.717, 1.165) is 18.4 Å².